The Bertz CT molecular complexity index is 2870. The summed E-state index contributed by atoms with van der Waals surface area (Å²) in [4.78, 5) is 102. The smallest absolute Gasteiger partial charge is 0.243 e. The molecule has 0 spiro atoms. The van der Waals surface area contributed by atoms with Gasteiger partial charge in [0.15, 0.2) is 0 Å². The molecule has 17 heteroatoms. The number of amides is 7. The molecule has 5 aromatic carbocycles. The number of carbonyl (C=O) groups is 7. The third-order valence-corrected chi connectivity index (χ3v) is 12.9. The second-order valence-electron chi connectivity index (χ2n) is 18.2. The average molecular weight is 965 g/mol. The highest BCUT2D eigenvalue weighted by Crippen LogP contribution is 2.22. The number of unbranched alkanes of at least 4 members (excludes halogenated alkanes) is 1. The number of fused-ring (bicyclic) bond motifs is 3. The monoisotopic (exact) mass is 964 g/mol. The summed E-state index contributed by atoms with van der Waals surface area (Å²) in [7, 11) is 1.46. The van der Waals surface area contributed by atoms with Crippen LogP contribution in [0.1, 0.15) is 61.6 Å². The van der Waals surface area contributed by atoms with E-state index in [1.54, 1.807) is 6.20 Å². The number of rotatable bonds is 11. The first-order valence-electron chi connectivity index (χ1n) is 24.3. The third-order valence-electron chi connectivity index (χ3n) is 12.9. The fourth-order valence-electron chi connectivity index (χ4n) is 8.99. The second-order valence-corrected chi connectivity index (χ2v) is 18.2. The van der Waals surface area contributed by atoms with Gasteiger partial charge in [-0.25, -0.2) is 0 Å². The zero-order valence-electron chi connectivity index (χ0n) is 39.9. The number of para-hydroxylation sites is 1. The first-order valence-corrected chi connectivity index (χ1v) is 24.3. The SMILES string of the molecule is CNC(=O)[C@@H]1CCCCNC(=O)C[C@H](N)C(=O)N[C@@H](Cc2c[nH]c3ccccc23)C(=O)N[C@H](Cc2ccc3ccccc3c2)C(=O)N[C@@H](CCCCN)C(=O)N[C@@H](Cc2ccc3ccccc3c2)C(=O)N1. The van der Waals surface area contributed by atoms with Gasteiger partial charge >= 0.3 is 0 Å². The lowest BCUT2D eigenvalue weighted by Crippen LogP contribution is -2.60. The molecule has 0 aliphatic carbocycles. The van der Waals surface area contributed by atoms with Crippen molar-refractivity contribution in [2.24, 2.45) is 11.5 Å². The molecule has 0 bridgehead atoms. The van der Waals surface area contributed by atoms with Crippen molar-refractivity contribution in [2.45, 2.75) is 100 Å². The number of benzene rings is 5. The summed E-state index contributed by atoms with van der Waals surface area (Å²) < 4.78 is 0. The van der Waals surface area contributed by atoms with Crippen LogP contribution in [0.2, 0.25) is 0 Å². The summed E-state index contributed by atoms with van der Waals surface area (Å²) >= 11 is 0. The number of hydrogen-bond acceptors (Lipinski definition) is 9. The molecule has 7 amide bonds. The highest BCUT2D eigenvalue weighted by atomic mass is 16.2. The molecule has 7 rings (SSSR count). The van der Waals surface area contributed by atoms with E-state index in [1.807, 2.05) is 109 Å². The van der Waals surface area contributed by atoms with Crippen LogP contribution >= 0.6 is 0 Å². The molecule has 17 nitrogen and oxygen atoms in total. The van der Waals surface area contributed by atoms with Crippen LogP contribution in [0.4, 0.5) is 0 Å². The van der Waals surface area contributed by atoms with Crippen molar-refractivity contribution in [3.05, 3.63) is 132 Å². The number of H-pyrrole nitrogens is 1. The molecule has 1 saturated heterocycles. The van der Waals surface area contributed by atoms with E-state index in [1.165, 1.54) is 7.05 Å². The summed E-state index contributed by atoms with van der Waals surface area (Å²) in [6.07, 6.45) is 3.53. The van der Waals surface area contributed by atoms with Gasteiger partial charge in [-0.1, -0.05) is 103 Å². The Morgan fingerprint density at radius 3 is 1.76 bits per heavy atom. The lowest BCUT2D eigenvalue weighted by molar-refractivity contribution is -0.135. The van der Waals surface area contributed by atoms with Crippen molar-refractivity contribution in [1.29, 1.82) is 0 Å². The van der Waals surface area contributed by atoms with E-state index in [9.17, 15) is 33.6 Å². The minimum absolute atomic E-state index is 0.00730. The molecular weight excluding hydrogens is 901 g/mol. The van der Waals surface area contributed by atoms with Crippen LogP contribution in [-0.4, -0.2) is 103 Å². The molecule has 2 heterocycles. The fourth-order valence-corrected chi connectivity index (χ4v) is 8.99. The Kier molecular flexibility index (Phi) is 17.9. The molecule has 6 aromatic rings. The van der Waals surface area contributed by atoms with Crippen LogP contribution < -0.4 is 48.7 Å². The van der Waals surface area contributed by atoms with E-state index in [-0.39, 0.29) is 45.1 Å². The summed E-state index contributed by atoms with van der Waals surface area (Å²) in [5.74, 6) is -4.38. The summed E-state index contributed by atoms with van der Waals surface area (Å²) in [6, 6.07) is 27.1. The number of nitrogens with two attached hydrogens (primary N) is 2. The van der Waals surface area contributed by atoms with Gasteiger partial charge in [0.2, 0.25) is 41.4 Å². The van der Waals surface area contributed by atoms with E-state index in [4.69, 9.17) is 11.5 Å². The van der Waals surface area contributed by atoms with Gasteiger partial charge in [-0.3, -0.25) is 33.6 Å². The molecule has 6 atom stereocenters. The maximum atomic E-state index is 14.8. The van der Waals surface area contributed by atoms with Gasteiger partial charge in [-0.05, 0) is 89.4 Å². The lowest BCUT2D eigenvalue weighted by Gasteiger charge is -2.28. The van der Waals surface area contributed by atoms with Crippen molar-refractivity contribution < 1.29 is 33.6 Å². The van der Waals surface area contributed by atoms with Gasteiger partial charge in [0.1, 0.15) is 30.2 Å². The lowest BCUT2D eigenvalue weighted by atomic mass is 9.98. The van der Waals surface area contributed by atoms with Gasteiger partial charge in [0, 0.05) is 50.0 Å². The van der Waals surface area contributed by atoms with E-state index in [0.717, 1.165) is 38.0 Å². The minimum Gasteiger partial charge on any atom is -0.361 e. The van der Waals surface area contributed by atoms with Gasteiger partial charge in [0.25, 0.3) is 0 Å². The van der Waals surface area contributed by atoms with Crippen LogP contribution in [0, 0.1) is 0 Å². The van der Waals surface area contributed by atoms with Crippen molar-refractivity contribution in [3.8, 4) is 0 Å². The molecule has 12 N–H and O–H groups in total. The fraction of sp³-hybridized carbons (Fsp3) is 0.352. The van der Waals surface area contributed by atoms with Gasteiger partial charge < -0.3 is 53.7 Å². The topological polar surface area (TPSA) is 272 Å². The van der Waals surface area contributed by atoms with Crippen molar-refractivity contribution >= 4 is 73.8 Å². The maximum Gasteiger partial charge on any atom is 0.243 e. The molecule has 1 aromatic heterocycles. The summed E-state index contributed by atoms with van der Waals surface area (Å²) in [6.45, 7) is 0.521. The number of carbonyl (C=O) groups excluding carboxylic acids is 7. The Labute approximate surface area is 412 Å². The van der Waals surface area contributed by atoms with E-state index >= 15 is 0 Å². The summed E-state index contributed by atoms with van der Waals surface area (Å²) in [5, 5.41) is 24.3. The highest BCUT2D eigenvalue weighted by molar-refractivity contribution is 5.98. The quantitative estimate of drug-likeness (QED) is 0.0855. The van der Waals surface area contributed by atoms with Crippen molar-refractivity contribution in [2.75, 3.05) is 20.1 Å². The summed E-state index contributed by atoms with van der Waals surface area (Å²) in [5.41, 5.74) is 15.2. The Balaban J connectivity index is 1.25. The molecule has 1 aliphatic heterocycles. The highest BCUT2D eigenvalue weighted by Gasteiger charge is 2.34. The normalized spacial score (nSPS) is 21.6. The standard InChI is InChI=1S/C54H64N10O7/c1-57-50(67)43-19-9-11-25-58-48(65)31-41(56)49(66)62-47(30-39-32-59-42-17-7-6-16-40(39)42)54(71)64-46(29-34-21-23-36-13-3-5-15-38(36)27-34)53(70)61-44(18-8-10-24-55)51(68)63-45(52(69)60-43)28-33-20-22-35-12-2-4-14-37(35)26-33/h2-7,12-17,20-23,26-27,32,41,43-47,59H,8-11,18-19,24-25,28-31,55-56H2,1H3,(H,57,67)(H,58,65)(H,60,69)(H,61,70)(H,62,66)(H,63,68)(H,64,71)/t41-,43-,44-,45-,46+,47-/m0/s1. The van der Waals surface area contributed by atoms with Crippen LogP contribution in [-0.2, 0) is 52.8 Å². The molecule has 372 valence electrons. The average Bonchev–Trinajstić information content (AvgIpc) is 3.78. The third kappa shape index (κ3) is 14.0. The van der Waals surface area contributed by atoms with E-state index < -0.39 is 77.6 Å². The number of likely N-dealkylation sites (N-methyl/N-ethyl adjacent to an activating group) is 1. The Hall–Kier alpha value is -7.63. The molecular formula is C54H64N10O7. The van der Waals surface area contributed by atoms with E-state index in [2.05, 4.69) is 42.2 Å². The van der Waals surface area contributed by atoms with Crippen LogP contribution in [0.25, 0.3) is 32.4 Å². The van der Waals surface area contributed by atoms with E-state index in [0.29, 0.717) is 43.4 Å². The van der Waals surface area contributed by atoms with Crippen LogP contribution in [0.15, 0.2) is 115 Å². The Morgan fingerprint density at radius 1 is 0.606 bits per heavy atom. The predicted molar refractivity (Wildman–Crippen MR) is 273 cm³/mol. The molecule has 1 fully saturated rings. The second kappa shape index (κ2) is 24.8. The number of aromatic nitrogens is 1. The number of aromatic amines is 1. The zero-order valence-corrected chi connectivity index (χ0v) is 39.9. The van der Waals surface area contributed by atoms with Gasteiger partial charge in [-0.2, -0.15) is 0 Å². The molecule has 0 radical (unpaired) electrons. The zero-order chi connectivity index (χ0) is 50.3. The van der Waals surface area contributed by atoms with Gasteiger partial charge in [0.05, 0.1) is 12.5 Å². The first kappa shape index (κ1) is 51.2. The van der Waals surface area contributed by atoms with Crippen LogP contribution in [0.3, 0.4) is 0 Å². The maximum absolute atomic E-state index is 14.8. The van der Waals surface area contributed by atoms with Crippen LogP contribution in [0.5, 0.6) is 0 Å². The molecule has 0 unspecified atom stereocenters. The largest absolute Gasteiger partial charge is 0.361 e. The minimum atomic E-state index is -1.34. The first-order chi connectivity index (χ1) is 34.4. The Morgan fingerprint density at radius 2 is 1.14 bits per heavy atom. The molecule has 1 aliphatic rings. The number of nitrogens with one attached hydrogen (secondary N) is 8. The van der Waals surface area contributed by atoms with Crippen molar-refractivity contribution in [3.63, 3.8) is 0 Å². The predicted octanol–water partition coefficient (Wildman–Crippen LogP) is 2.82. The molecule has 71 heavy (non-hydrogen) atoms. The van der Waals surface area contributed by atoms with Gasteiger partial charge in [-0.15, -0.1) is 0 Å². The molecule has 0 saturated carbocycles. The van der Waals surface area contributed by atoms with Crippen molar-refractivity contribution in [1.82, 2.24) is 42.2 Å². The number of hydrogen-bond donors (Lipinski definition) is 10.